The molecular formula is C10H14N2O2. The third kappa shape index (κ3) is 5.89. The van der Waals surface area contributed by atoms with E-state index in [1.807, 2.05) is 6.07 Å². The van der Waals surface area contributed by atoms with Crippen molar-refractivity contribution in [3.8, 4) is 6.07 Å². The molecule has 0 aliphatic carbocycles. The highest BCUT2D eigenvalue weighted by atomic mass is 16.2. The standard InChI is InChI=1S/C8H5NO.CH5N.CH4O/c9-5-7-2-1-3-8(4-7)6-10;2*1-2/h1-4,6H;2H2,1H3;2H,1H3. The Morgan fingerprint density at radius 1 is 1.43 bits per heavy atom. The Balaban J connectivity index is 0. The van der Waals surface area contributed by atoms with E-state index >= 15 is 0 Å². The Morgan fingerprint density at radius 2 is 2.00 bits per heavy atom. The van der Waals surface area contributed by atoms with Crippen molar-refractivity contribution in [3.63, 3.8) is 0 Å². The summed E-state index contributed by atoms with van der Waals surface area (Å²) < 4.78 is 0. The summed E-state index contributed by atoms with van der Waals surface area (Å²) in [6.07, 6.45) is 0.723. The van der Waals surface area contributed by atoms with Gasteiger partial charge in [0.2, 0.25) is 0 Å². The van der Waals surface area contributed by atoms with Crippen molar-refractivity contribution < 1.29 is 9.90 Å². The second-order valence-corrected chi connectivity index (χ2v) is 1.86. The molecule has 3 N–H and O–H groups in total. The fraction of sp³-hybridized carbons (Fsp3) is 0.200. The van der Waals surface area contributed by atoms with E-state index in [9.17, 15) is 4.79 Å². The number of rotatable bonds is 1. The van der Waals surface area contributed by atoms with E-state index in [4.69, 9.17) is 10.4 Å². The lowest BCUT2D eigenvalue weighted by Crippen LogP contribution is -1.79. The fourth-order valence-electron chi connectivity index (χ4n) is 0.682. The van der Waals surface area contributed by atoms with E-state index in [2.05, 4.69) is 5.73 Å². The molecule has 0 saturated heterocycles. The van der Waals surface area contributed by atoms with Crippen LogP contribution in [0.1, 0.15) is 15.9 Å². The average Bonchev–Trinajstić information content (AvgIpc) is 2.34. The molecule has 1 rings (SSSR count). The quantitative estimate of drug-likeness (QED) is 0.639. The number of aldehydes is 1. The largest absolute Gasteiger partial charge is 0.400 e. The summed E-state index contributed by atoms with van der Waals surface area (Å²) in [5, 5.41) is 15.4. The number of hydrogen-bond donors (Lipinski definition) is 2. The summed E-state index contributed by atoms with van der Waals surface area (Å²) in [5.41, 5.74) is 5.56. The van der Waals surface area contributed by atoms with Gasteiger partial charge >= 0.3 is 0 Å². The molecule has 4 heteroatoms. The maximum absolute atomic E-state index is 10.2. The molecule has 0 heterocycles. The number of hydrogen-bond acceptors (Lipinski definition) is 4. The molecule has 0 aliphatic heterocycles. The van der Waals surface area contributed by atoms with Gasteiger partial charge in [0.1, 0.15) is 6.29 Å². The Morgan fingerprint density at radius 3 is 2.43 bits per heavy atom. The predicted molar refractivity (Wildman–Crippen MR) is 54.8 cm³/mol. The summed E-state index contributed by atoms with van der Waals surface area (Å²) >= 11 is 0. The van der Waals surface area contributed by atoms with Crippen molar-refractivity contribution in [2.24, 2.45) is 5.73 Å². The minimum Gasteiger partial charge on any atom is -0.400 e. The number of carbonyl (C=O) groups excluding carboxylic acids is 1. The smallest absolute Gasteiger partial charge is 0.150 e. The topological polar surface area (TPSA) is 87.1 Å². The molecule has 0 saturated carbocycles. The summed E-state index contributed by atoms with van der Waals surface area (Å²) in [4.78, 5) is 10.2. The van der Waals surface area contributed by atoms with Gasteiger partial charge in [-0.25, -0.2) is 0 Å². The SMILES string of the molecule is CN.CO.N#Cc1cccc(C=O)c1. The molecule has 1 aromatic carbocycles. The molecule has 0 atom stereocenters. The minimum atomic E-state index is 0.518. The van der Waals surface area contributed by atoms with Crippen LogP contribution in [0.15, 0.2) is 24.3 Å². The number of nitrogens with zero attached hydrogens (tertiary/aromatic N) is 1. The zero-order valence-corrected chi connectivity index (χ0v) is 8.27. The molecule has 0 aromatic heterocycles. The van der Waals surface area contributed by atoms with Crippen LogP contribution >= 0.6 is 0 Å². The molecule has 0 aliphatic rings. The van der Waals surface area contributed by atoms with Crippen LogP contribution in [0.25, 0.3) is 0 Å². The molecule has 0 fully saturated rings. The van der Waals surface area contributed by atoms with Crippen LogP contribution in [0.5, 0.6) is 0 Å². The Bertz CT molecular complexity index is 292. The molecule has 14 heavy (non-hydrogen) atoms. The third-order valence-corrected chi connectivity index (χ3v) is 1.15. The lowest BCUT2D eigenvalue weighted by molar-refractivity contribution is 0.112. The molecule has 0 spiro atoms. The zero-order valence-electron chi connectivity index (χ0n) is 8.27. The number of aliphatic hydroxyl groups excluding tert-OH is 1. The van der Waals surface area contributed by atoms with Gasteiger partial charge in [-0.3, -0.25) is 4.79 Å². The minimum absolute atomic E-state index is 0.518. The average molecular weight is 194 g/mol. The highest BCUT2D eigenvalue weighted by Gasteiger charge is 1.90. The highest BCUT2D eigenvalue weighted by molar-refractivity contribution is 5.75. The maximum atomic E-state index is 10.2. The van der Waals surface area contributed by atoms with Crippen LogP contribution in [0, 0.1) is 11.3 Å². The first-order chi connectivity index (χ1) is 6.86. The van der Waals surface area contributed by atoms with Gasteiger partial charge in [-0.1, -0.05) is 12.1 Å². The van der Waals surface area contributed by atoms with Crippen molar-refractivity contribution in [1.29, 1.82) is 5.26 Å². The van der Waals surface area contributed by atoms with Crippen LogP contribution in [-0.2, 0) is 0 Å². The van der Waals surface area contributed by atoms with Crippen molar-refractivity contribution in [2.75, 3.05) is 14.2 Å². The Hall–Kier alpha value is -1.70. The van der Waals surface area contributed by atoms with E-state index in [-0.39, 0.29) is 0 Å². The second-order valence-electron chi connectivity index (χ2n) is 1.86. The number of nitriles is 1. The first kappa shape index (κ1) is 14.8. The summed E-state index contributed by atoms with van der Waals surface area (Å²) in [5.74, 6) is 0. The molecule has 0 radical (unpaired) electrons. The molecule has 1 aromatic rings. The van der Waals surface area contributed by atoms with Crippen LogP contribution in [0.4, 0.5) is 0 Å². The normalized spacial score (nSPS) is 6.79. The summed E-state index contributed by atoms with van der Waals surface area (Å²) in [6.45, 7) is 0. The number of nitrogens with two attached hydrogens (primary N) is 1. The first-order valence-corrected chi connectivity index (χ1v) is 3.84. The van der Waals surface area contributed by atoms with Gasteiger partial charge in [-0.2, -0.15) is 5.26 Å². The Kier molecular flexibility index (Phi) is 11.9. The van der Waals surface area contributed by atoms with Crippen molar-refractivity contribution in [3.05, 3.63) is 35.4 Å². The first-order valence-electron chi connectivity index (χ1n) is 3.84. The molecule has 4 nitrogen and oxygen atoms in total. The van der Waals surface area contributed by atoms with Gasteiger partial charge in [0, 0.05) is 12.7 Å². The molecular weight excluding hydrogens is 180 g/mol. The van der Waals surface area contributed by atoms with Crippen molar-refractivity contribution in [1.82, 2.24) is 0 Å². The number of aliphatic hydroxyl groups is 1. The monoisotopic (exact) mass is 194 g/mol. The van der Waals surface area contributed by atoms with E-state index in [1.165, 1.54) is 7.05 Å². The van der Waals surface area contributed by atoms with Crippen LogP contribution < -0.4 is 5.73 Å². The molecule has 76 valence electrons. The van der Waals surface area contributed by atoms with E-state index in [1.54, 1.807) is 24.3 Å². The van der Waals surface area contributed by atoms with Gasteiger partial charge in [-0.15, -0.1) is 0 Å². The van der Waals surface area contributed by atoms with Crippen LogP contribution in [0.3, 0.4) is 0 Å². The second kappa shape index (κ2) is 11.3. The number of carbonyl (C=O) groups is 1. The van der Waals surface area contributed by atoms with Crippen LogP contribution in [0.2, 0.25) is 0 Å². The van der Waals surface area contributed by atoms with Crippen LogP contribution in [-0.4, -0.2) is 25.6 Å². The van der Waals surface area contributed by atoms with Gasteiger partial charge in [0.25, 0.3) is 0 Å². The van der Waals surface area contributed by atoms with Crippen molar-refractivity contribution in [2.45, 2.75) is 0 Å². The molecule has 0 amide bonds. The Labute approximate surface area is 83.6 Å². The zero-order chi connectivity index (χ0) is 11.4. The van der Waals surface area contributed by atoms with Gasteiger partial charge in [-0.05, 0) is 19.2 Å². The number of benzene rings is 1. The van der Waals surface area contributed by atoms with Gasteiger partial charge < -0.3 is 10.8 Å². The van der Waals surface area contributed by atoms with Gasteiger partial charge in [0.05, 0.1) is 11.6 Å². The molecule has 0 bridgehead atoms. The lowest BCUT2D eigenvalue weighted by Gasteiger charge is -1.87. The van der Waals surface area contributed by atoms with E-state index < -0.39 is 0 Å². The predicted octanol–water partition coefficient (Wildman–Crippen LogP) is 0.554. The molecule has 0 unspecified atom stereocenters. The summed E-state index contributed by atoms with van der Waals surface area (Å²) in [7, 11) is 2.50. The van der Waals surface area contributed by atoms with E-state index in [0.29, 0.717) is 11.1 Å². The third-order valence-electron chi connectivity index (χ3n) is 1.15. The maximum Gasteiger partial charge on any atom is 0.150 e. The lowest BCUT2D eigenvalue weighted by atomic mass is 10.2. The summed E-state index contributed by atoms with van der Waals surface area (Å²) in [6, 6.07) is 8.49. The van der Waals surface area contributed by atoms with Gasteiger partial charge in [0.15, 0.2) is 0 Å². The van der Waals surface area contributed by atoms with E-state index in [0.717, 1.165) is 13.4 Å². The fourth-order valence-corrected chi connectivity index (χ4v) is 0.682. The highest BCUT2D eigenvalue weighted by Crippen LogP contribution is 2.00. The van der Waals surface area contributed by atoms with Crippen molar-refractivity contribution >= 4 is 6.29 Å².